The quantitative estimate of drug-likeness (QED) is 0.309. The van der Waals surface area contributed by atoms with Gasteiger partial charge in [-0.05, 0) is 0 Å². The van der Waals surface area contributed by atoms with Crippen molar-refractivity contribution in [3.05, 3.63) is 0 Å². The third-order valence-electron chi connectivity index (χ3n) is 0.973. The number of esters is 1. The minimum absolute atomic E-state index is 0.422. The average molecular weight is 157 g/mol. The molecule has 1 atom stereocenters. The molecule has 6 heteroatoms. The Kier molecular flexibility index (Phi) is 5.19. The topological polar surface area (TPSA) is 76.0 Å². The molecule has 0 aromatic rings. The summed E-state index contributed by atoms with van der Waals surface area (Å²) in [5.74, 6) is -0.661. The van der Waals surface area contributed by atoms with E-state index in [1.54, 1.807) is 0 Å². The maximum atomic E-state index is 10.6. The summed E-state index contributed by atoms with van der Waals surface area (Å²) >= 11 is 0. The van der Waals surface area contributed by atoms with Gasteiger partial charge in [0.15, 0.2) is 0 Å². The van der Waals surface area contributed by atoms with E-state index >= 15 is 0 Å². The van der Waals surface area contributed by atoms with Gasteiger partial charge >= 0.3 is 63.3 Å². The molecule has 0 aliphatic carbocycles. The molecule has 0 heterocycles. The molecule has 0 saturated carbocycles. The molecule has 0 saturated heterocycles. The molecule has 0 radical (unpaired) electrons. The zero-order valence-corrected chi connectivity index (χ0v) is 6.06. The van der Waals surface area contributed by atoms with Crippen LogP contribution in [0.25, 0.3) is 0 Å². The molecule has 0 bridgehead atoms. The predicted octanol–water partition coefficient (Wildman–Crippen LogP) is -1.40. The van der Waals surface area contributed by atoms with Crippen molar-refractivity contribution in [3.8, 4) is 0 Å². The summed E-state index contributed by atoms with van der Waals surface area (Å²) in [6.07, 6.45) is 0.901. The summed E-state index contributed by atoms with van der Waals surface area (Å²) in [6, 6.07) is -0.981. The molecule has 0 aliphatic rings. The summed E-state index contributed by atoms with van der Waals surface area (Å²) in [7, 11) is 1.60. The van der Waals surface area contributed by atoms with Crippen molar-refractivity contribution >= 4 is 19.2 Å². The normalized spacial score (nSPS) is 12.5. The zero-order valence-electron chi connectivity index (χ0n) is 6.06. The van der Waals surface area contributed by atoms with Crippen molar-refractivity contribution in [1.82, 2.24) is 0 Å². The van der Waals surface area contributed by atoms with Crippen LogP contribution in [0.5, 0.6) is 0 Å². The fraction of sp³-hybridized carbons (Fsp3) is 0.600. The number of aliphatic hydroxyl groups excluding tert-OH is 1. The Hall–Kier alpha value is -1.04. The third kappa shape index (κ3) is 3.62. The van der Waals surface area contributed by atoms with Crippen LogP contribution in [0.4, 0.5) is 0 Å². The van der Waals surface area contributed by atoms with Gasteiger partial charge in [0.2, 0.25) is 0 Å². The van der Waals surface area contributed by atoms with Crippen LogP contribution in [0.2, 0.25) is 0 Å². The average Bonchev–Trinajstić information content (AvgIpc) is 2.05. The molecular weight excluding hydrogens is 149 g/mol. The van der Waals surface area contributed by atoms with Gasteiger partial charge in [-0.15, -0.1) is 0 Å². The number of carbonyl (C=O) groups excluding carboxylic acids is 1. The summed E-state index contributed by atoms with van der Waals surface area (Å²) < 4.78 is 14.0. The second-order valence-electron chi connectivity index (χ2n) is 1.66. The Morgan fingerprint density at radius 1 is 1.91 bits per heavy atom. The van der Waals surface area contributed by atoms with Crippen LogP contribution in [0.1, 0.15) is 0 Å². The number of aliphatic imine (C=N–C) groups is 1. The SMILES string of the molecule is COC(=O)C(CO)N=CB=O. The third-order valence-corrected chi connectivity index (χ3v) is 0.973. The number of methoxy groups -OCH3 is 1. The summed E-state index contributed by atoms with van der Waals surface area (Å²) in [5.41, 5.74) is 0. The van der Waals surface area contributed by atoms with Crippen LogP contribution >= 0.6 is 0 Å². The number of nitrogens with zero attached hydrogens (tertiary/aromatic N) is 1. The molecule has 0 amide bonds. The first-order chi connectivity index (χ1) is 5.26. The van der Waals surface area contributed by atoms with Crippen molar-refractivity contribution in [2.75, 3.05) is 13.7 Å². The molecule has 0 aliphatic heterocycles. The number of rotatable bonds is 4. The van der Waals surface area contributed by atoms with Gasteiger partial charge in [-0.25, -0.2) is 0 Å². The second kappa shape index (κ2) is 5.73. The van der Waals surface area contributed by atoms with Gasteiger partial charge in [-0.3, -0.25) is 0 Å². The van der Waals surface area contributed by atoms with Gasteiger partial charge < -0.3 is 0 Å². The first-order valence-electron chi connectivity index (χ1n) is 2.92. The fourth-order valence-electron chi connectivity index (χ4n) is 0.458. The number of aliphatic hydroxyl groups is 1. The van der Waals surface area contributed by atoms with Crippen LogP contribution in [-0.2, 0) is 14.2 Å². The molecule has 11 heavy (non-hydrogen) atoms. The molecule has 0 aromatic carbocycles. The first kappa shape index (κ1) is 9.96. The number of ether oxygens (including phenoxy) is 1. The molecule has 0 rings (SSSR count). The van der Waals surface area contributed by atoms with E-state index < -0.39 is 18.6 Å². The molecule has 60 valence electrons. The van der Waals surface area contributed by atoms with E-state index in [4.69, 9.17) is 5.11 Å². The van der Waals surface area contributed by atoms with E-state index in [1.165, 1.54) is 7.11 Å². The Morgan fingerprint density at radius 3 is 2.91 bits per heavy atom. The molecular formula is C5H8BNO4. The van der Waals surface area contributed by atoms with Gasteiger partial charge in [-0.2, -0.15) is 0 Å². The Morgan fingerprint density at radius 2 is 2.55 bits per heavy atom. The summed E-state index contributed by atoms with van der Waals surface area (Å²) in [6.45, 7) is -0.461. The van der Waals surface area contributed by atoms with Crippen LogP contribution in [-0.4, -0.2) is 44.1 Å². The van der Waals surface area contributed by atoms with Crippen molar-refractivity contribution < 1.29 is 19.3 Å². The molecule has 0 aromatic heterocycles. The van der Waals surface area contributed by atoms with E-state index in [0.717, 1.165) is 6.11 Å². The molecule has 0 fully saturated rings. The standard InChI is InChI=1S/C5H8BNO4/c1-11-5(9)4(2-8)7-3-6-10/h3-4,8H,2H2,1H3. The number of hydrogen-bond acceptors (Lipinski definition) is 5. The van der Waals surface area contributed by atoms with E-state index in [1.807, 2.05) is 0 Å². The van der Waals surface area contributed by atoms with Crippen LogP contribution < -0.4 is 0 Å². The van der Waals surface area contributed by atoms with Crippen molar-refractivity contribution in [1.29, 1.82) is 0 Å². The Balaban J connectivity index is 4.04. The Bertz CT molecular complexity index is 170. The van der Waals surface area contributed by atoms with Crippen molar-refractivity contribution in [3.63, 3.8) is 0 Å². The monoisotopic (exact) mass is 157 g/mol. The predicted molar refractivity (Wildman–Crippen MR) is 37.8 cm³/mol. The van der Waals surface area contributed by atoms with E-state index in [-0.39, 0.29) is 0 Å². The fourth-order valence-corrected chi connectivity index (χ4v) is 0.458. The van der Waals surface area contributed by atoms with Gasteiger partial charge in [-0.1, -0.05) is 0 Å². The van der Waals surface area contributed by atoms with E-state index in [0.29, 0.717) is 7.15 Å². The van der Waals surface area contributed by atoms with Crippen molar-refractivity contribution in [2.24, 2.45) is 4.99 Å². The number of hydrogen-bond donors (Lipinski definition) is 1. The van der Waals surface area contributed by atoms with Gasteiger partial charge in [0.1, 0.15) is 0 Å². The zero-order chi connectivity index (χ0) is 8.69. The van der Waals surface area contributed by atoms with Gasteiger partial charge in [0, 0.05) is 0 Å². The molecule has 1 unspecified atom stereocenters. The van der Waals surface area contributed by atoms with Gasteiger partial charge in [0.25, 0.3) is 0 Å². The Labute approximate surface area is 64.3 Å². The number of carbonyl (C=O) groups is 1. The van der Waals surface area contributed by atoms with Crippen LogP contribution in [0, 0.1) is 0 Å². The van der Waals surface area contributed by atoms with E-state index in [2.05, 4.69) is 9.73 Å². The van der Waals surface area contributed by atoms with Crippen molar-refractivity contribution in [2.45, 2.75) is 6.04 Å². The van der Waals surface area contributed by atoms with Crippen LogP contribution in [0.15, 0.2) is 4.99 Å². The summed E-state index contributed by atoms with van der Waals surface area (Å²) in [4.78, 5) is 14.1. The molecule has 5 nitrogen and oxygen atoms in total. The first-order valence-corrected chi connectivity index (χ1v) is 2.92. The summed E-state index contributed by atoms with van der Waals surface area (Å²) in [5, 5.41) is 8.52. The second-order valence-corrected chi connectivity index (χ2v) is 1.66. The van der Waals surface area contributed by atoms with E-state index in [9.17, 15) is 9.50 Å². The minimum atomic E-state index is -0.981. The molecule has 1 N–H and O–H groups in total. The van der Waals surface area contributed by atoms with Crippen LogP contribution in [0.3, 0.4) is 0 Å². The maximum absolute atomic E-state index is 10.6. The molecule has 0 spiro atoms. The van der Waals surface area contributed by atoms with Gasteiger partial charge in [0.05, 0.1) is 0 Å².